The van der Waals surface area contributed by atoms with E-state index in [0.29, 0.717) is 0 Å². The van der Waals surface area contributed by atoms with Gasteiger partial charge in [0.15, 0.2) is 0 Å². The van der Waals surface area contributed by atoms with Crippen molar-refractivity contribution in [2.45, 2.75) is 45.3 Å². The Labute approximate surface area is 101 Å². The number of hydrogen-bond donors (Lipinski definition) is 1. The third kappa shape index (κ3) is 3.76. The Bertz CT molecular complexity index is 280. The fraction of sp³-hybridized carbons (Fsp3) is 0.571. The molecule has 1 rings (SSSR count). The van der Waals surface area contributed by atoms with E-state index in [1.54, 1.807) is 0 Å². The standard InChI is InChI=1S/C14H25NSi/c1-4-12-15-16(5-2,6-3)13-14-10-8-7-9-11-14/h7-11,15H,4-6,12-13H2,1-3H3. The molecule has 1 aromatic carbocycles. The molecule has 0 radical (unpaired) electrons. The van der Waals surface area contributed by atoms with Crippen molar-refractivity contribution < 1.29 is 0 Å². The second-order valence-corrected chi connectivity index (χ2v) is 9.26. The highest BCUT2D eigenvalue weighted by Gasteiger charge is 2.28. The SMILES string of the molecule is CCCN[Si](CC)(CC)Cc1ccccc1. The quantitative estimate of drug-likeness (QED) is 0.710. The monoisotopic (exact) mass is 235 g/mol. The molecule has 0 saturated carbocycles. The van der Waals surface area contributed by atoms with Crippen LogP contribution in [0.2, 0.25) is 12.1 Å². The maximum Gasteiger partial charge on any atom is 0.129 e. The van der Waals surface area contributed by atoms with E-state index in [2.05, 4.69) is 56.1 Å². The molecule has 2 heteroatoms. The minimum Gasteiger partial charge on any atom is -0.337 e. The van der Waals surface area contributed by atoms with Gasteiger partial charge in [0.1, 0.15) is 8.24 Å². The van der Waals surface area contributed by atoms with Gasteiger partial charge in [-0.05, 0) is 36.7 Å². The smallest absolute Gasteiger partial charge is 0.129 e. The molecule has 0 aliphatic carbocycles. The summed E-state index contributed by atoms with van der Waals surface area (Å²) >= 11 is 0. The third-order valence-corrected chi connectivity index (χ3v) is 8.28. The topological polar surface area (TPSA) is 12.0 Å². The first kappa shape index (κ1) is 13.5. The van der Waals surface area contributed by atoms with Crippen LogP contribution in [0.5, 0.6) is 0 Å². The zero-order valence-corrected chi connectivity index (χ0v) is 11.9. The van der Waals surface area contributed by atoms with Crippen molar-refractivity contribution >= 4 is 8.24 Å². The molecule has 0 heterocycles. The zero-order chi connectivity index (χ0) is 11.9. The minimum absolute atomic E-state index is 1.18. The van der Waals surface area contributed by atoms with E-state index in [1.165, 1.54) is 36.7 Å². The molecule has 0 unspecified atom stereocenters. The van der Waals surface area contributed by atoms with E-state index in [-0.39, 0.29) is 0 Å². The van der Waals surface area contributed by atoms with E-state index in [1.807, 2.05) is 0 Å². The molecule has 0 bridgehead atoms. The largest absolute Gasteiger partial charge is 0.337 e. The summed E-state index contributed by atoms with van der Waals surface area (Å²) < 4.78 is 0. The zero-order valence-electron chi connectivity index (χ0n) is 10.9. The summed E-state index contributed by atoms with van der Waals surface area (Å²) in [6.07, 6.45) is 1.24. The average Bonchev–Trinajstić information content (AvgIpc) is 2.36. The van der Waals surface area contributed by atoms with Gasteiger partial charge in [-0.3, -0.25) is 0 Å². The Hall–Kier alpha value is -0.603. The predicted molar refractivity (Wildman–Crippen MR) is 75.2 cm³/mol. The van der Waals surface area contributed by atoms with Crippen molar-refractivity contribution in [2.75, 3.05) is 6.54 Å². The Morgan fingerprint density at radius 2 is 1.62 bits per heavy atom. The molecule has 0 aliphatic rings. The van der Waals surface area contributed by atoms with Gasteiger partial charge in [0, 0.05) is 0 Å². The number of rotatable bonds is 7. The van der Waals surface area contributed by atoms with E-state index < -0.39 is 8.24 Å². The van der Waals surface area contributed by atoms with Gasteiger partial charge >= 0.3 is 0 Å². The van der Waals surface area contributed by atoms with E-state index >= 15 is 0 Å². The van der Waals surface area contributed by atoms with Gasteiger partial charge in [-0.2, -0.15) is 0 Å². The fourth-order valence-corrected chi connectivity index (χ4v) is 5.61. The molecule has 0 spiro atoms. The van der Waals surface area contributed by atoms with Crippen LogP contribution < -0.4 is 4.98 Å². The molecular formula is C14H25NSi. The van der Waals surface area contributed by atoms with Gasteiger partial charge in [0.05, 0.1) is 0 Å². The molecule has 0 amide bonds. The van der Waals surface area contributed by atoms with Crippen molar-refractivity contribution in [3.63, 3.8) is 0 Å². The van der Waals surface area contributed by atoms with E-state index in [4.69, 9.17) is 0 Å². The molecule has 1 nitrogen and oxygen atoms in total. The second kappa shape index (κ2) is 6.87. The Balaban J connectivity index is 2.70. The average molecular weight is 235 g/mol. The molecule has 0 saturated heterocycles. The van der Waals surface area contributed by atoms with E-state index in [9.17, 15) is 0 Å². The summed E-state index contributed by atoms with van der Waals surface area (Å²) in [5.41, 5.74) is 1.50. The second-order valence-electron chi connectivity index (χ2n) is 4.58. The van der Waals surface area contributed by atoms with Gasteiger partial charge < -0.3 is 4.98 Å². The molecular weight excluding hydrogens is 210 g/mol. The van der Waals surface area contributed by atoms with Crippen LogP contribution in [0, 0.1) is 0 Å². The molecule has 0 aromatic heterocycles. The van der Waals surface area contributed by atoms with Crippen molar-refractivity contribution in [1.29, 1.82) is 0 Å². The summed E-state index contributed by atoms with van der Waals surface area (Å²) in [6.45, 7) is 8.13. The van der Waals surface area contributed by atoms with Crippen LogP contribution >= 0.6 is 0 Å². The van der Waals surface area contributed by atoms with Crippen LogP contribution in [-0.4, -0.2) is 14.8 Å². The Kier molecular flexibility index (Phi) is 5.78. The Morgan fingerprint density at radius 3 is 2.12 bits per heavy atom. The highest BCUT2D eigenvalue weighted by atomic mass is 28.3. The third-order valence-electron chi connectivity index (χ3n) is 3.49. The van der Waals surface area contributed by atoms with Gasteiger partial charge in [0.25, 0.3) is 0 Å². The lowest BCUT2D eigenvalue weighted by Gasteiger charge is -2.30. The fourth-order valence-electron chi connectivity index (χ4n) is 2.19. The maximum absolute atomic E-state index is 3.87. The van der Waals surface area contributed by atoms with Crippen molar-refractivity contribution in [2.24, 2.45) is 0 Å². The molecule has 1 aromatic rings. The lowest BCUT2D eigenvalue weighted by Crippen LogP contribution is -2.52. The van der Waals surface area contributed by atoms with Crippen molar-refractivity contribution in [1.82, 2.24) is 4.98 Å². The predicted octanol–water partition coefficient (Wildman–Crippen LogP) is 3.75. The highest BCUT2D eigenvalue weighted by molar-refractivity contribution is 6.76. The lowest BCUT2D eigenvalue weighted by molar-refractivity contribution is 0.813. The molecule has 1 N–H and O–H groups in total. The van der Waals surface area contributed by atoms with Gasteiger partial charge in [-0.15, -0.1) is 0 Å². The summed E-state index contributed by atoms with van der Waals surface area (Å²) in [4.78, 5) is 3.87. The summed E-state index contributed by atoms with van der Waals surface area (Å²) in [6, 6.07) is 14.9. The van der Waals surface area contributed by atoms with Crippen LogP contribution in [-0.2, 0) is 6.04 Å². The summed E-state index contributed by atoms with van der Waals surface area (Å²) in [7, 11) is -1.26. The summed E-state index contributed by atoms with van der Waals surface area (Å²) in [5, 5.41) is 0. The first-order valence-corrected chi connectivity index (χ1v) is 9.17. The van der Waals surface area contributed by atoms with Crippen molar-refractivity contribution in [3.05, 3.63) is 35.9 Å². The van der Waals surface area contributed by atoms with Crippen LogP contribution in [0.25, 0.3) is 0 Å². The van der Waals surface area contributed by atoms with Crippen LogP contribution in [0.1, 0.15) is 32.8 Å². The normalized spacial score (nSPS) is 11.7. The first-order chi connectivity index (χ1) is 7.76. The molecule has 0 atom stereocenters. The molecule has 0 aliphatic heterocycles. The van der Waals surface area contributed by atoms with Crippen LogP contribution in [0.15, 0.2) is 30.3 Å². The molecule has 90 valence electrons. The minimum atomic E-state index is -1.26. The van der Waals surface area contributed by atoms with Crippen LogP contribution in [0.3, 0.4) is 0 Å². The number of hydrogen-bond acceptors (Lipinski definition) is 1. The van der Waals surface area contributed by atoms with Crippen LogP contribution in [0.4, 0.5) is 0 Å². The van der Waals surface area contributed by atoms with Crippen molar-refractivity contribution in [3.8, 4) is 0 Å². The number of nitrogens with one attached hydrogen (secondary N) is 1. The number of benzene rings is 1. The highest BCUT2D eigenvalue weighted by Crippen LogP contribution is 2.18. The Morgan fingerprint density at radius 1 is 1.00 bits per heavy atom. The van der Waals surface area contributed by atoms with Gasteiger partial charge in [-0.25, -0.2) is 0 Å². The molecule has 16 heavy (non-hydrogen) atoms. The maximum atomic E-state index is 3.87. The van der Waals surface area contributed by atoms with E-state index in [0.717, 1.165) is 0 Å². The molecule has 0 fully saturated rings. The summed E-state index contributed by atoms with van der Waals surface area (Å²) in [5.74, 6) is 0. The first-order valence-electron chi connectivity index (χ1n) is 6.55. The van der Waals surface area contributed by atoms with Gasteiger partial charge in [-0.1, -0.05) is 51.1 Å². The van der Waals surface area contributed by atoms with Gasteiger partial charge in [0.2, 0.25) is 0 Å². The lowest BCUT2D eigenvalue weighted by atomic mass is 10.2.